The highest BCUT2D eigenvalue weighted by Gasteiger charge is 2.51. The molecule has 1 N–H and O–H groups in total. The number of carbonyl (C=O) groups is 1. The molecule has 1 aliphatic carbocycles. The van der Waals surface area contributed by atoms with E-state index < -0.39 is 36.8 Å². The van der Waals surface area contributed by atoms with Crippen molar-refractivity contribution in [1.82, 2.24) is 0 Å². The molecular formula is C20H24F5NO4. The Morgan fingerprint density at radius 3 is 2.27 bits per heavy atom. The van der Waals surface area contributed by atoms with Crippen LogP contribution in [0, 0.1) is 5.41 Å². The average molecular weight is 437 g/mol. The van der Waals surface area contributed by atoms with Gasteiger partial charge in [0.05, 0.1) is 17.6 Å². The second-order valence-electron chi connectivity index (χ2n) is 8.02. The Hall–Kier alpha value is -1.94. The molecule has 168 valence electrons. The molecule has 0 atom stereocenters. The number of benzene rings is 1. The summed E-state index contributed by atoms with van der Waals surface area (Å²) in [4.78, 5) is 14.7. The van der Waals surface area contributed by atoms with Crippen LogP contribution < -0.4 is 9.64 Å². The van der Waals surface area contributed by atoms with Crippen LogP contribution in [0.25, 0.3) is 0 Å². The number of hydrogen-bond donors (Lipinski definition) is 1. The molecule has 1 spiro atoms. The summed E-state index contributed by atoms with van der Waals surface area (Å²) in [6, 6.07) is 5.86. The van der Waals surface area contributed by atoms with Crippen molar-refractivity contribution in [3.8, 4) is 5.75 Å². The lowest BCUT2D eigenvalue weighted by Crippen LogP contribution is -2.46. The third kappa shape index (κ3) is 5.40. The number of alkyl halides is 5. The van der Waals surface area contributed by atoms with Gasteiger partial charge in [0.25, 0.3) is 6.43 Å². The van der Waals surface area contributed by atoms with E-state index in [1.165, 1.54) is 12.1 Å². The van der Waals surface area contributed by atoms with Crippen LogP contribution in [0.4, 0.5) is 27.6 Å². The third-order valence-electron chi connectivity index (χ3n) is 5.82. The molecule has 1 heterocycles. The first-order valence-electron chi connectivity index (χ1n) is 9.72. The van der Waals surface area contributed by atoms with Crippen LogP contribution >= 0.6 is 0 Å². The zero-order valence-corrected chi connectivity index (χ0v) is 16.3. The first kappa shape index (κ1) is 22.7. The summed E-state index contributed by atoms with van der Waals surface area (Å²) in [5.74, 6) is -0.0361. The molecule has 2 fully saturated rings. The molecule has 1 aromatic carbocycles. The number of hydrogen-bond acceptors (Lipinski definition) is 4. The van der Waals surface area contributed by atoms with Crippen molar-refractivity contribution in [2.24, 2.45) is 5.41 Å². The van der Waals surface area contributed by atoms with Gasteiger partial charge < -0.3 is 19.5 Å². The molecular weight excluding hydrogens is 413 g/mol. The van der Waals surface area contributed by atoms with E-state index >= 15 is 0 Å². The maximum Gasteiger partial charge on any atom is 0.422 e. The standard InChI is InChI=1S/C20H24F5NO4/c21-16(22)11-29-12-19(28)7-5-18(6-8-19)9-10-26(17(18)27)14-1-3-15(4-2-14)30-13-20(23,24)25/h1-4,16,28H,5-13H2/t18-,19-. The minimum Gasteiger partial charge on any atom is -0.484 e. The summed E-state index contributed by atoms with van der Waals surface area (Å²) in [6.07, 6.45) is -5.04. The molecule has 1 aromatic rings. The molecule has 5 nitrogen and oxygen atoms in total. The van der Waals surface area contributed by atoms with Crippen molar-refractivity contribution < 1.29 is 41.3 Å². The third-order valence-corrected chi connectivity index (χ3v) is 5.82. The number of aliphatic hydroxyl groups is 1. The lowest BCUT2D eigenvalue weighted by molar-refractivity contribution is -0.153. The van der Waals surface area contributed by atoms with Crippen LogP contribution in [0.5, 0.6) is 5.75 Å². The van der Waals surface area contributed by atoms with Crippen molar-refractivity contribution in [2.75, 3.05) is 31.3 Å². The van der Waals surface area contributed by atoms with Gasteiger partial charge in [-0.2, -0.15) is 13.2 Å². The van der Waals surface area contributed by atoms with E-state index in [0.29, 0.717) is 31.5 Å². The van der Waals surface area contributed by atoms with E-state index in [0.717, 1.165) is 0 Å². The average Bonchev–Trinajstić information content (AvgIpc) is 2.99. The van der Waals surface area contributed by atoms with Crippen molar-refractivity contribution in [3.05, 3.63) is 24.3 Å². The van der Waals surface area contributed by atoms with Gasteiger partial charge in [0.2, 0.25) is 5.91 Å². The summed E-state index contributed by atoms with van der Waals surface area (Å²) in [5.41, 5.74) is -1.27. The van der Waals surface area contributed by atoms with Crippen LogP contribution in [0.15, 0.2) is 24.3 Å². The van der Waals surface area contributed by atoms with Gasteiger partial charge in [0.15, 0.2) is 6.61 Å². The van der Waals surface area contributed by atoms with E-state index in [9.17, 15) is 31.9 Å². The van der Waals surface area contributed by atoms with Crippen LogP contribution in [0.2, 0.25) is 0 Å². The van der Waals surface area contributed by atoms with Crippen molar-refractivity contribution >= 4 is 11.6 Å². The van der Waals surface area contributed by atoms with Crippen molar-refractivity contribution in [2.45, 2.75) is 50.3 Å². The summed E-state index contributed by atoms with van der Waals surface area (Å²) in [7, 11) is 0. The highest BCUT2D eigenvalue weighted by molar-refractivity contribution is 6.00. The highest BCUT2D eigenvalue weighted by Crippen LogP contribution is 2.48. The first-order valence-corrected chi connectivity index (χ1v) is 9.72. The second-order valence-corrected chi connectivity index (χ2v) is 8.02. The van der Waals surface area contributed by atoms with E-state index in [1.807, 2.05) is 0 Å². The summed E-state index contributed by atoms with van der Waals surface area (Å²) < 4.78 is 70.7. The predicted molar refractivity (Wildman–Crippen MR) is 97.6 cm³/mol. The van der Waals surface area contributed by atoms with Crippen molar-refractivity contribution in [1.29, 1.82) is 0 Å². The van der Waals surface area contributed by atoms with Crippen LogP contribution in [-0.2, 0) is 9.53 Å². The van der Waals surface area contributed by atoms with Gasteiger partial charge >= 0.3 is 6.18 Å². The van der Waals surface area contributed by atoms with E-state index in [4.69, 9.17) is 4.74 Å². The van der Waals surface area contributed by atoms with Crippen LogP contribution in [-0.4, -0.2) is 55.6 Å². The van der Waals surface area contributed by atoms with Crippen LogP contribution in [0.1, 0.15) is 32.1 Å². The zero-order valence-electron chi connectivity index (χ0n) is 16.3. The number of ether oxygens (including phenoxy) is 2. The summed E-state index contributed by atoms with van der Waals surface area (Å²) in [5, 5.41) is 10.5. The summed E-state index contributed by atoms with van der Waals surface area (Å²) >= 11 is 0. The number of anilines is 1. The molecule has 2 aliphatic rings. The molecule has 0 bridgehead atoms. The largest absolute Gasteiger partial charge is 0.484 e. The molecule has 1 amide bonds. The molecule has 1 aliphatic heterocycles. The van der Waals surface area contributed by atoms with E-state index in [2.05, 4.69) is 4.74 Å². The highest BCUT2D eigenvalue weighted by atomic mass is 19.4. The number of nitrogens with zero attached hydrogens (tertiary/aromatic N) is 1. The van der Waals surface area contributed by atoms with E-state index in [-0.39, 0.29) is 31.1 Å². The smallest absolute Gasteiger partial charge is 0.422 e. The number of rotatable bonds is 7. The lowest BCUT2D eigenvalue weighted by Gasteiger charge is -2.40. The predicted octanol–water partition coefficient (Wildman–Crippen LogP) is 3.94. The van der Waals surface area contributed by atoms with Gasteiger partial charge in [0, 0.05) is 12.2 Å². The minimum absolute atomic E-state index is 0.0592. The van der Waals surface area contributed by atoms with Crippen molar-refractivity contribution in [3.63, 3.8) is 0 Å². The maximum atomic E-state index is 13.1. The van der Waals surface area contributed by atoms with Gasteiger partial charge in [-0.25, -0.2) is 8.78 Å². The fourth-order valence-electron chi connectivity index (χ4n) is 4.09. The number of amides is 1. The molecule has 0 unspecified atom stereocenters. The minimum atomic E-state index is -4.43. The number of halogens is 5. The fraction of sp³-hybridized carbons (Fsp3) is 0.650. The van der Waals surface area contributed by atoms with Gasteiger partial charge in [-0.3, -0.25) is 4.79 Å². The fourth-order valence-corrected chi connectivity index (χ4v) is 4.09. The zero-order chi connectivity index (χ0) is 22.0. The number of carbonyl (C=O) groups excluding carboxylic acids is 1. The monoisotopic (exact) mass is 437 g/mol. The Morgan fingerprint density at radius 2 is 1.70 bits per heavy atom. The molecule has 10 heteroatoms. The molecule has 1 saturated heterocycles. The Labute approximate surface area is 170 Å². The summed E-state index contributed by atoms with van der Waals surface area (Å²) in [6.45, 7) is -1.85. The molecule has 0 radical (unpaired) electrons. The lowest BCUT2D eigenvalue weighted by atomic mass is 9.68. The Morgan fingerprint density at radius 1 is 1.07 bits per heavy atom. The SMILES string of the molecule is O=C1N(c2ccc(OCC(F)(F)F)cc2)CC[C@]12CC[C@](O)(COCC(F)F)CC2. The second kappa shape index (κ2) is 8.66. The maximum absolute atomic E-state index is 13.1. The molecule has 1 saturated carbocycles. The van der Waals surface area contributed by atoms with Gasteiger partial charge in [0.1, 0.15) is 12.4 Å². The Bertz CT molecular complexity index is 730. The molecule has 0 aromatic heterocycles. The van der Waals surface area contributed by atoms with Gasteiger partial charge in [-0.1, -0.05) is 0 Å². The Kier molecular flexibility index (Phi) is 6.57. The van der Waals surface area contributed by atoms with Crippen LogP contribution in [0.3, 0.4) is 0 Å². The topological polar surface area (TPSA) is 59.0 Å². The molecule has 3 rings (SSSR count). The van der Waals surface area contributed by atoms with Gasteiger partial charge in [-0.05, 0) is 56.4 Å². The normalized spacial score (nSPS) is 27.3. The van der Waals surface area contributed by atoms with Gasteiger partial charge in [-0.15, -0.1) is 0 Å². The Balaban J connectivity index is 1.57. The molecule has 30 heavy (non-hydrogen) atoms. The van der Waals surface area contributed by atoms with E-state index in [1.54, 1.807) is 17.0 Å². The first-order chi connectivity index (χ1) is 14.0. The quantitative estimate of drug-likeness (QED) is 0.657.